The van der Waals surface area contributed by atoms with Gasteiger partial charge in [0.1, 0.15) is 13.2 Å². The summed E-state index contributed by atoms with van der Waals surface area (Å²) in [4.78, 5) is 0. The molecule has 1 aromatic carbocycles. The molecule has 1 aromatic rings. The van der Waals surface area contributed by atoms with Crippen molar-refractivity contribution in [2.75, 3.05) is 19.8 Å². The van der Waals surface area contributed by atoms with Crippen LogP contribution in [0.3, 0.4) is 0 Å². The second-order valence-corrected chi connectivity index (χ2v) is 6.11. The SMILES string of the molecule is CCC1(CNCc2cccc3c2OCCO3)CCCC1. The average Bonchev–Trinajstić information content (AvgIpc) is 2.97. The summed E-state index contributed by atoms with van der Waals surface area (Å²) in [7, 11) is 0. The Morgan fingerprint density at radius 3 is 2.75 bits per heavy atom. The van der Waals surface area contributed by atoms with Crippen LogP contribution in [0.25, 0.3) is 0 Å². The normalized spacial score (nSPS) is 20.1. The largest absolute Gasteiger partial charge is 0.486 e. The first kappa shape index (κ1) is 13.7. The van der Waals surface area contributed by atoms with Crippen molar-refractivity contribution < 1.29 is 9.47 Å². The lowest BCUT2D eigenvalue weighted by Gasteiger charge is -2.28. The molecule has 0 aromatic heterocycles. The Kier molecular flexibility index (Phi) is 4.16. The van der Waals surface area contributed by atoms with Crippen LogP contribution in [-0.2, 0) is 6.54 Å². The Labute approximate surface area is 121 Å². The number of benzene rings is 1. The quantitative estimate of drug-likeness (QED) is 0.892. The van der Waals surface area contributed by atoms with E-state index in [0.29, 0.717) is 18.6 Å². The number of nitrogens with one attached hydrogen (secondary N) is 1. The highest BCUT2D eigenvalue weighted by Gasteiger charge is 2.31. The predicted octanol–water partition coefficient (Wildman–Crippen LogP) is 3.52. The monoisotopic (exact) mass is 275 g/mol. The molecule has 1 aliphatic carbocycles. The van der Waals surface area contributed by atoms with Gasteiger partial charge in [0.2, 0.25) is 0 Å². The van der Waals surface area contributed by atoms with Crippen LogP contribution in [0.2, 0.25) is 0 Å². The highest BCUT2D eigenvalue weighted by Crippen LogP contribution is 2.40. The topological polar surface area (TPSA) is 30.5 Å². The van der Waals surface area contributed by atoms with Gasteiger partial charge in [-0.3, -0.25) is 0 Å². The van der Waals surface area contributed by atoms with E-state index in [2.05, 4.69) is 24.4 Å². The molecule has 1 fully saturated rings. The first-order valence-corrected chi connectivity index (χ1v) is 7.91. The van der Waals surface area contributed by atoms with Crippen LogP contribution in [0.4, 0.5) is 0 Å². The van der Waals surface area contributed by atoms with Gasteiger partial charge in [0.15, 0.2) is 11.5 Å². The van der Waals surface area contributed by atoms with Crippen molar-refractivity contribution in [3.05, 3.63) is 23.8 Å². The molecule has 0 bridgehead atoms. The second-order valence-electron chi connectivity index (χ2n) is 6.11. The first-order chi connectivity index (χ1) is 9.83. The molecule has 0 radical (unpaired) electrons. The molecule has 0 amide bonds. The zero-order valence-electron chi connectivity index (χ0n) is 12.4. The van der Waals surface area contributed by atoms with Crippen molar-refractivity contribution in [2.45, 2.75) is 45.6 Å². The number of para-hydroxylation sites is 1. The van der Waals surface area contributed by atoms with E-state index in [1.807, 2.05) is 6.07 Å². The summed E-state index contributed by atoms with van der Waals surface area (Å²) < 4.78 is 11.4. The number of hydrogen-bond acceptors (Lipinski definition) is 3. The molecule has 2 aliphatic rings. The van der Waals surface area contributed by atoms with Crippen molar-refractivity contribution in [1.82, 2.24) is 5.32 Å². The fourth-order valence-corrected chi connectivity index (χ4v) is 3.52. The highest BCUT2D eigenvalue weighted by molar-refractivity contribution is 5.47. The Balaban J connectivity index is 1.61. The van der Waals surface area contributed by atoms with E-state index in [0.717, 1.165) is 24.6 Å². The van der Waals surface area contributed by atoms with E-state index in [-0.39, 0.29) is 0 Å². The number of fused-ring (bicyclic) bond motifs is 1. The minimum atomic E-state index is 0.534. The molecule has 1 aliphatic heterocycles. The van der Waals surface area contributed by atoms with Crippen LogP contribution in [0, 0.1) is 5.41 Å². The van der Waals surface area contributed by atoms with Crippen molar-refractivity contribution in [3.8, 4) is 11.5 Å². The van der Waals surface area contributed by atoms with E-state index in [1.54, 1.807) is 0 Å². The van der Waals surface area contributed by atoms with Crippen molar-refractivity contribution in [2.24, 2.45) is 5.41 Å². The van der Waals surface area contributed by atoms with E-state index in [4.69, 9.17) is 9.47 Å². The first-order valence-electron chi connectivity index (χ1n) is 7.91. The van der Waals surface area contributed by atoms with Gasteiger partial charge in [-0.15, -0.1) is 0 Å². The van der Waals surface area contributed by atoms with Crippen LogP contribution in [0.5, 0.6) is 11.5 Å². The third-order valence-electron chi connectivity index (χ3n) is 4.88. The molecule has 110 valence electrons. The maximum Gasteiger partial charge on any atom is 0.165 e. The van der Waals surface area contributed by atoms with Gasteiger partial charge in [0, 0.05) is 18.7 Å². The minimum Gasteiger partial charge on any atom is -0.486 e. The van der Waals surface area contributed by atoms with E-state index >= 15 is 0 Å². The van der Waals surface area contributed by atoms with Crippen molar-refractivity contribution in [3.63, 3.8) is 0 Å². The van der Waals surface area contributed by atoms with E-state index in [1.165, 1.54) is 37.7 Å². The van der Waals surface area contributed by atoms with Gasteiger partial charge in [-0.2, -0.15) is 0 Å². The number of hydrogen-bond donors (Lipinski definition) is 1. The Morgan fingerprint density at radius 2 is 1.95 bits per heavy atom. The standard InChI is InChI=1S/C17H25NO2/c1-2-17(8-3-4-9-17)13-18-12-14-6-5-7-15-16(14)20-11-10-19-15/h5-7,18H,2-4,8-13H2,1H3. The van der Waals surface area contributed by atoms with E-state index in [9.17, 15) is 0 Å². The average molecular weight is 275 g/mol. The highest BCUT2D eigenvalue weighted by atomic mass is 16.6. The van der Waals surface area contributed by atoms with Crippen LogP contribution in [0.1, 0.15) is 44.6 Å². The molecule has 1 saturated carbocycles. The molecular weight excluding hydrogens is 250 g/mol. The zero-order valence-corrected chi connectivity index (χ0v) is 12.4. The Morgan fingerprint density at radius 1 is 1.15 bits per heavy atom. The smallest absolute Gasteiger partial charge is 0.165 e. The van der Waals surface area contributed by atoms with Gasteiger partial charge >= 0.3 is 0 Å². The minimum absolute atomic E-state index is 0.534. The lowest BCUT2D eigenvalue weighted by Crippen LogP contribution is -2.31. The molecule has 0 spiro atoms. The Hall–Kier alpha value is -1.22. The summed E-state index contributed by atoms with van der Waals surface area (Å²) in [6, 6.07) is 6.17. The van der Waals surface area contributed by atoms with Crippen molar-refractivity contribution in [1.29, 1.82) is 0 Å². The summed E-state index contributed by atoms with van der Waals surface area (Å²) >= 11 is 0. The van der Waals surface area contributed by atoms with Crippen LogP contribution >= 0.6 is 0 Å². The fourth-order valence-electron chi connectivity index (χ4n) is 3.52. The zero-order chi connectivity index (χ0) is 13.8. The molecule has 3 heteroatoms. The Bertz CT molecular complexity index is 452. The molecule has 0 saturated heterocycles. The molecule has 3 nitrogen and oxygen atoms in total. The third-order valence-corrected chi connectivity index (χ3v) is 4.88. The summed E-state index contributed by atoms with van der Waals surface area (Å²) in [6.45, 7) is 5.63. The van der Waals surface area contributed by atoms with Gasteiger partial charge < -0.3 is 14.8 Å². The molecule has 3 rings (SSSR count). The third kappa shape index (κ3) is 2.78. The second kappa shape index (κ2) is 6.04. The van der Waals surface area contributed by atoms with Crippen molar-refractivity contribution >= 4 is 0 Å². The van der Waals surface area contributed by atoms with E-state index < -0.39 is 0 Å². The fraction of sp³-hybridized carbons (Fsp3) is 0.647. The van der Waals surface area contributed by atoms with Crippen LogP contribution in [0.15, 0.2) is 18.2 Å². The van der Waals surface area contributed by atoms with Crippen LogP contribution in [-0.4, -0.2) is 19.8 Å². The lowest BCUT2D eigenvalue weighted by atomic mass is 9.83. The van der Waals surface area contributed by atoms with Gasteiger partial charge in [0.25, 0.3) is 0 Å². The maximum absolute atomic E-state index is 5.76. The molecule has 0 unspecified atom stereocenters. The van der Waals surface area contributed by atoms with Crippen LogP contribution < -0.4 is 14.8 Å². The molecule has 20 heavy (non-hydrogen) atoms. The lowest BCUT2D eigenvalue weighted by molar-refractivity contribution is 0.169. The number of rotatable bonds is 5. The maximum atomic E-state index is 5.76. The van der Waals surface area contributed by atoms with Gasteiger partial charge in [0.05, 0.1) is 0 Å². The van der Waals surface area contributed by atoms with Gasteiger partial charge in [-0.1, -0.05) is 31.9 Å². The summed E-state index contributed by atoms with van der Waals surface area (Å²) in [5.41, 5.74) is 1.75. The summed E-state index contributed by atoms with van der Waals surface area (Å²) in [5, 5.41) is 3.65. The summed E-state index contributed by atoms with van der Waals surface area (Å²) in [6.07, 6.45) is 6.83. The molecular formula is C17H25NO2. The predicted molar refractivity (Wildman–Crippen MR) is 80.3 cm³/mol. The summed E-state index contributed by atoms with van der Waals surface area (Å²) in [5.74, 6) is 1.82. The molecule has 0 atom stereocenters. The molecule has 1 heterocycles. The molecule has 1 N–H and O–H groups in total. The van der Waals surface area contributed by atoms with Gasteiger partial charge in [-0.05, 0) is 30.7 Å². The van der Waals surface area contributed by atoms with Gasteiger partial charge in [-0.25, -0.2) is 0 Å². The number of ether oxygens (including phenoxy) is 2.